The number of amides is 2. The fourth-order valence-electron chi connectivity index (χ4n) is 1.86. The van der Waals surface area contributed by atoms with Crippen LogP contribution in [0.15, 0.2) is 12.1 Å². The molecule has 0 spiro atoms. The van der Waals surface area contributed by atoms with Gasteiger partial charge in [-0.3, -0.25) is 25.0 Å². The van der Waals surface area contributed by atoms with Gasteiger partial charge in [-0.25, -0.2) is 0 Å². The summed E-state index contributed by atoms with van der Waals surface area (Å²) in [4.78, 5) is 33.3. The lowest BCUT2D eigenvalue weighted by Gasteiger charge is -2.12. The van der Waals surface area contributed by atoms with Crippen LogP contribution in [0.4, 0.5) is 5.69 Å². The van der Waals surface area contributed by atoms with Crippen molar-refractivity contribution in [2.24, 2.45) is 0 Å². The molecule has 0 aliphatic carbocycles. The molecule has 0 aromatic heterocycles. The summed E-state index contributed by atoms with van der Waals surface area (Å²) in [5.74, 6) is -2.64. The molecule has 9 heteroatoms. The lowest BCUT2D eigenvalue weighted by atomic mass is 9.95. The number of rotatable bonds is 2. The minimum Gasteiger partial charge on any atom is -0.295 e. The number of imide groups is 1. The summed E-state index contributed by atoms with van der Waals surface area (Å²) in [6, 6.07) is 2.31. The van der Waals surface area contributed by atoms with E-state index in [4.69, 9.17) is 34.8 Å². The van der Waals surface area contributed by atoms with E-state index in [0.717, 1.165) is 6.07 Å². The number of alkyl halides is 1. The van der Waals surface area contributed by atoms with E-state index in [-0.39, 0.29) is 15.6 Å². The zero-order valence-electron chi connectivity index (χ0n) is 9.02. The zero-order chi connectivity index (χ0) is 14.3. The molecule has 2 unspecified atom stereocenters. The Morgan fingerprint density at radius 3 is 2.32 bits per heavy atom. The molecule has 1 aliphatic heterocycles. The number of nitrogens with one attached hydrogen (secondary N) is 1. The first kappa shape index (κ1) is 14.0. The van der Waals surface area contributed by atoms with Gasteiger partial charge in [0.15, 0.2) is 0 Å². The molecule has 0 bridgehead atoms. The standard InChI is InChI=1S/C10H5Cl3N2O4/c11-3-1-4(12)6(5(2-3)15(18)19)7-8(13)10(17)14-9(7)16/h1-2,7-8H,(H,14,16,17). The maximum atomic E-state index is 11.7. The van der Waals surface area contributed by atoms with Crippen LogP contribution in [-0.4, -0.2) is 22.1 Å². The average molecular weight is 324 g/mol. The summed E-state index contributed by atoms with van der Waals surface area (Å²) in [7, 11) is 0. The molecule has 1 fully saturated rings. The summed E-state index contributed by atoms with van der Waals surface area (Å²) in [5.41, 5.74) is -0.558. The van der Waals surface area contributed by atoms with Gasteiger partial charge in [0.2, 0.25) is 11.8 Å². The number of nitro groups is 1. The fourth-order valence-corrected chi connectivity index (χ4v) is 2.76. The quantitative estimate of drug-likeness (QED) is 0.391. The first-order valence-electron chi connectivity index (χ1n) is 4.95. The minimum absolute atomic E-state index is 0.0521. The van der Waals surface area contributed by atoms with Crippen LogP contribution < -0.4 is 5.32 Å². The van der Waals surface area contributed by atoms with E-state index in [9.17, 15) is 19.7 Å². The van der Waals surface area contributed by atoms with Crippen LogP contribution in [0, 0.1) is 10.1 Å². The van der Waals surface area contributed by atoms with Crippen molar-refractivity contribution < 1.29 is 14.5 Å². The molecule has 2 amide bonds. The van der Waals surface area contributed by atoms with Gasteiger partial charge in [-0.2, -0.15) is 0 Å². The van der Waals surface area contributed by atoms with Crippen LogP contribution >= 0.6 is 34.8 Å². The van der Waals surface area contributed by atoms with E-state index in [0.29, 0.717) is 0 Å². The number of benzene rings is 1. The number of halogens is 3. The van der Waals surface area contributed by atoms with Crippen molar-refractivity contribution in [2.75, 3.05) is 0 Å². The third-order valence-electron chi connectivity index (χ3n) is 2.65. The van der Waals surface area contributed by atoms with Gasteiger partial charge in [0.25, 0.3) is 5.69 Å². The molecule has 1 aromatic rings. The van der Waals surface area contributed by atoms with Crippen LogP contribution in [0.5, 0.6) is 0 Å². The zero-order valence-corrected chi connectivity index (χ0v) is 11.3. The normalized spacial score (nSPS) is 22.5. The molecule has 0 radical (unpaired) electrons. The maximum Gasteiger partial charge on any atom is 0.276 e. The van der Waals surface area contributed by atoms with Gasteiger partial charge in [-0.15, -0.1) is 11.6 Å². The van der Waals surface area contributed by atoms with E-state index < -0.39 is 33.7 Å². The predicted octanol–water partition coefficient (Wildman–Crippen LogP) is 2.25. The van der Waals surface area contributed by atoms with Crippen molar-refractivity contribution in [1.82, 2.24) is 5.32 Å². The second-order valence-corrected chi connectivity index (χ2v) is 5.12. The summed E-state index contributed by atoms with van der Waals surface area (Å²) < 4.78 is 0. The minimum atomic E-state index is -1.25. The largest absolute Gasteiger partial charge is 0.295 e. The van der Waals surface area contributed by atoms with Crippen LogP contribution in [0.2, 0.25) is 10.0 Å². The first-order valence-corrected chi connectivity index (χ1v) is 6.14. The predicted molar refractivity (Wildman–Crippen MR) is 68.6 cm³/mol. The van der Waals surface area contributed by atoms with Gasteiger partial charge >= 0.3 is 0 Å². The number of hydrogen-bond acceptors (Lipinski definition) is 4. The van der Waals surface area contributed by atoms with Gasteiger partial charge in [-0.1, -0.05) is 23.2 Å². The molecule has 0 saturated carbocycles. The van der Waals surface area contributed by atoms with Gasteiger partial charge in [0.05, 0.1) is 21.4 Å². The molecule has 1 heterocycles. The Balaban J connectivity index is 2.65. The monoisotopic (exact) mass is 322 g/mol. The van der Waals surface area contributed by atoms with Crippen molar-refractivity contribution >= 4 is 52.3 Å². The highest BCUT2D eigenvalue weighted by molar-refractivity contribution is 6.39. The lowest BCUT2D eigenvalue weighted by molar-refractivity contribution is -0.385. The highest BCUT2D eigenvalue weighted by atomic mass is 35.5. The van der Waals surface area contributed by atoms with E-state index in [2.05, 4.69) is 0 Å². The average Bonchev–Trinajstić information content (AvgIpc) is 2.53. The molecule has 6 nitrogen and oxygen atoms in total. The molecule has 1 N–H and O–H groups in total. The van der Waals surface area contributed by atoms with Crippen molar-refractivity contribution in [1.29, 1.82) is 0 Å². The molecular formula is C10H5Cl3N2O4. The topological polar surface area (TPSA) is 89.3 Å². The molecule has 19 heavy (non-hydrogen) atoms. The Hall–Kier alpha value is -1.37. The summed E-state index contributed by atoms with van der Waals surface area (Å²) in [5, 5.41) is 11.7. The lowest BCUT2D eigenvalue weighted by Crippen LogP contribution is -2.22. The van der Waals surface area contributed by atoms with Crippen molar-refractivity contribution in [3.63, 3.8) is 0 Å². The maximum absolute atomic E-state index is 11.7. The SMILES string of the molecule is O=C1NC(=O)C(c2c(Cl)cc(Cl)cc2[N+](=O)[O-])C1Cl. The number of carbonyl (C=O) groups excluding carboxylic acids is 2. The molecular weight excluding hydrogens is 318 g/mol. The van der Waals surface area contributed by atoms with E-state index >= 15 is 0 Å². The molecule has 2 atom stereocenters. The first-order chi connectivity index (χ1) is 8.82. The Bertz CT molecular complexity index is 605. The van der Waals surface area contributed by atoms with Crippen LogP contribution in [-0.2, 0) is 9.59 Å². The highest BCUT2D eigenvalue weighted by Crippen LogP contribution is 2.40. The number of nitro benzene ring substituents is 1. The van der Waals surface area contributed by atoms with Crippen molar-refractivity contribution in [2.45, 2.75) is 11.3 Å². The summed E-state index contributed by atoms with van der Waals surface area (Å²) in [6.45, 7) is 0. The van der Waals surface area contributed by atoms with Crippen LogP contribution in [0.25, 0.3) is 0 Å². The highest BCUT2D eigenvalue weighted by Gasteiger charge is 2.45. The summed E-state index contributed by atoms with van der Waals surface area (Å²) in [6.07, 6.45) is 0. The Labute approximate surface area is 121 Å². The molecule has 1 saturated heterocycles. The third-order valence-corrected chi connectivity index (χ3v) is 3.63. The number of hydrogen-bond donors (Lipinski definition) is 1. The Morgan fingerprint density at radius 1 is 1.21 bits per heavy atom. The molecule has 100 valence electrons. The molecule has 2 rings (SSSR count). The van der Waals surface area contributed by atoms with Crippen LogP contribution in [0.3, 0.4) is 0 Å². The van der Waals surface area contributed by atoms with Gasteiger partial charge < -0.3 is 0 Å². The molecule has 1 aliphatic rings. The Morgan fingerprint density at radius 2 is 1.84 bits per heavy atom. The van der Waals surface area contributed by atoms with Crippen molar-refractivity contribution in [3.8, 4) is 0 Å². The van der Waals surface area contributed by atoms with E-state index in [1.807, 2.05) is 5.32 Å². The summed E-state index contributed by atoms with van der Waals surface area (Å²) >= 11 is 17.4. The van der Waals surface area contributed by atoms with Gasteiger partial charge in [0.1, 0.15) is 5.38 Å². The second kappa shape index (κ2) is 4.96. The smallest absolute Gasteiger partial charge is 0.276 e. The van der Waals surface area contributed by atoms with E-state index in [1.165, 1.54) is 6.07 Å². The van der Waals surface area contributed by atoms with Crippen LogP contribution in [0.1, 0.15) is 11.5 Å². The molecule has 1 aromatic carbocycles. The number of nitrogens with zero attached hydrogens (tertiary/aromatic N) is 1. The fraction of sp³-hybridized carbons (Fsp3) is 0.200. The third kappa shape index (κ3) is 2.39. The number of carbonyl (C=O) groups is 2. The second-order valence-electron chi connectivity index (χ2n) is 3.81. The van der Waals surface area contributed by atoms with Crippen molar-refractivity contribution in [3.05, 3.63) is 37.9 Å². The Kier molecular flexibility index (Phi) is 3.66. The van der Waals surface area contributed by atoms with Gasteiger partial charge in [0, 0.05) is 11.1 Å². The van der Waals surface area contributed by atoms with Gasteiger partial charge in [-0.05, 0) is 6.07 Å². The van der Waals surface area contributed by atoms with E-state index in [1.54, 1.807) is 0 Å².